The zero-order chi connectivity index (χ0) is 9.68. The number of benzene rings is 1. The Labute approximate surface area is 86.8 Å². The van der Waals surface area contributed by atoms with Crippen molar-refractivity contribution < 1.29 is 0 Å². The largest absolute Gasteiger partial charge is 0.122 e. The van der Waals surface area contributed by atoms with E-state index in [1.165, 1.54) is 10.8 Å². The number of hydrogen-bond acceptors (Lipinski definition) is 0. The average molecular weight is 211 g/mol. The summed E-state index contributed by atoms with van der Waals surface area (Å²) >= 11 is 5.88. The molecule has 0 aliphatic carbocycles. The van der Waals surface area contributed by atoms with Crippen LogP contribution in [0.3, 0.4) is 0 Å². The first-order valence-electron chi connectivity index (χ1n) is 4.55. The van der Waals surface area contributed by atoms with E-state index in [0.29, 0.717) is 5.88 Å². The third-order valence-electron chi connectivity index (χ3n) is 2.05. The van der Waals surface area contributed by atoms with Gasteiger partial charge in [0.25, 0.3) is 0 Å². The van der Waals surface area contributed by atoms with Gasteiger partial charge in [0.15, 0.2) is 0 Å². The molecule has 0 saturated heterocycles. The molecule has 0 heterocycles. The molecule has 0 atom stereocenters. The summed E-state index contributed by atoms with van der Waals surface area (Å²) in [6.07, 6.45) is 2.23. The van der Waals surface area contributed by atoms with Gasteiger partial charge in [-0.15, -0.1) is 11.6 Å². The molecule has 0 nitrogen and oxygen atoms in total. The van der Waals surface area contributed by atoms with E-state index in [-0.39, 0.29) is 0 Å². The molecule has 0 fully saturated rings. The van der Waals surface area contributed by atoms with Crippen molar-refractivity contribution in [3.05, 3.63) is 41.1 Å². The third kappa shape index (κ3) is 3.37. The lowest BCUT2D eigenvalue weighted by Gasteiger charge is -2.05. The van der Waals surface area contributed by atoms with E-state index in [1.54, 1.807) is 0 Å². The maximum atomic E-state index is 5.88. The van der Waals surface area contributed by atoms with Crippen molar-refractivity contribution in [3.8, 4) is 0 Å². The first kappa shape index (κ1) is 10.5. The molecule has 1 rings (SSSR count). The average Bonchev–Trinajstić information content (AvgIpc) is 2.15. The molecule has 13 heavy (non-hydrogen) atoms. The zero-order valence-electron chi connectivity index (χ0n) is 8.13. The highest BCUT2D eigenvalue weighted by atomic mass is 35.5. The minimum atomic E-state index is -0.726. The zero-order valence-corrected chi connectivity index (χ0v) is 10.0. The second-order valence-corrected chi connectivity index (χ2v) is 6.74. The Morgan fingerprint density at radius 1 is 1.31 bits per heavy atom. The van der Waals surface area contributed by atoms with Crippen LogP contribution in [0, 0.1) is 0 Å². The Kier molecular flexibility index (Phi) is 4.26. The fraction of sp³-hybridized carbons (Fsp3) is 0.273. The number of rotatable bonds is 3. The number of allylic oxidation sites excluding steroid dienone is 1. The molecule has 0 amide bonds. The minimum Gasteiger partial charge on any atom is -0.122 e. The van der Waals surface area contributed by atoms with Gasteiger partial charge >= 0.3 is 0 Å². The summed E-state index contributed by atoms with van der Waals surface area (Å²) in [6, 6.07) is 10.4. The van der Waals surface area contributed by atoms with Gasteiger partial charge in [-0.05, 0) is 5.56 Å². The van der Waals surface area contributed by atoms with E-state index < -0.39 is 8.80 Å². The SMILES string of the molecule is C[SiH](C)C(=Cc1ccccc1)CCl. The van der Waals surface area contributed by atoms with Gasteiger partial charge in [0.1, 0.15) is 0 Å². The molecule has 0 N–H and O–H groups in total. The summed E-state index contributed by atoms with van der Waals surface area (Å²) < 4.78 is 0. The van der Waals surface area contributed by atoms with Crippen LogP contribution in [-0.4, -0.2) is 14.7 Å². The maximum Gasteiger partial charge on any atom is 0.0611 e. The van der Waals surface area contributed by atoms with Crippen molar-refractivity contribution in [2.45, 2.75) is 13.1 Å². The highest BCUT2D eigenvalue weighted by molar-refractivity contribution is 6.66. The Balaban J connectivity index is 2.85. The topological polar surface area (TPSA) is 0 Å². The highest BCUT2D eigenvalue weighted by Crippen LogP contribution is 2.10. The van der Waals surface area contributed by atoms with Gasteiger partial charge in [0.05, 0.1) is 8.80 Å². The summed E-state index contributed by atoms with van der Waals surface area (Å²) in [4.78, 5) is 0. The first-order valence-corrected chi connectivity index (χ1v) is 7.97. The van der Waals surface area contributed by atoms with Crippen LogP contribution < -0.4 is 0 Å². The minimum absolute atomic E-state index is 0.679. The molecule has 0 aliphatic heterocycles. The second kappa shape index (κ2) is 5.25. The second-order valence-electron chi connectivity index (χ2n) is 3.42. The molecule has 0 aromatic heterocycles. The number of alkyl halides is 1. The van der Waals surface area contributed by atoms with Crippen LogP contribution >= 0.6 is 11.6 Å². The standard InChI is InChI=1S/C11H15ClSi/c1-13(2)11(9-12)8-10-6-4-3-5-7-10/h3-8,13H,9H2,1-2H3. The molecule has 1 aromatic carbocycles. The molecule has 0 saturated carbocycles. The van der Waals surface area contributed by atoms with E-state index in [9.17, 15) is 0 Å². The third-order valence-corrected chi connectivity index (χ3v) is 4.47. The van der Waals surface area contributed by atoms with Crippen molar-refractivity contribution in [2.24, 2.45) is 0 Å². The van der Waals surface area contributed by atoms with Crippen LogP contribution in [0.4, 0.5) is 0 Å². The van der Waals surface area contributed by atoms with Gasteiger partial charge in [-0.1, -0.05) is 54.7 Å². The summed E-state index contributed by atoms with van der Waals surface area (Å²) in [5.74, 6) is 0.679. The van der Waals surface area contributed by atoms with Gasteiger partial charge < -0.3 is 0 Å². The molecular weight excluding hydrogens is 196 g/mol. The molecular formula is C11H15ClSi. The fourth-order valence-corrected chi connectivity index (χ4v) is 2.96. The molecule has 70 valence electrons. The van der Waals surface area contributed by atoms with Crippen LogP contribution in [0.25, 0.3) is 6.08 Å². The van der Waals surface area contributed by atoms with Crippen molar-refractivity contribution in [2.75, 3.05) is 5.88 Å². The monoisotopic (exact) mass is 210 g/mol. The van der Waals surface area contributed by atoms with Crippen LogP contribution in [-0.2, 0) is 0 Å². The van der Waals surface area contributed by atoms with Gasteiger partial charge in [-0.25, -0.2) is 0 Å². The van der Waals surface area contributed by atoms with E-state index in [4.69, 9.17) is 11.6 Å². The smallest absolute Gasteiger partial charge is 0.0611 e. The summed E-state index contributed by atoms with van der Waals surface area (Å²) in [5, 5.41) is 1.42. The molecule has 0 bridgehead atoms. The number of hydrogen-bond donors (Lipinski definition) is 0. The summed E-state index contributed by atoms with van der Waals surface area (Å²) in [5.41, 5.74) is 1.26. The van der Waals surface area contributed by atoms with Crippen molar-refractivity contribution in [3.63, 3.8) is 0 Å². The van der Waals surface area contributed by atoms with Crippen molar-refractivity contribution in [1.29, 1.82) is 0 Å². The molecule has 0 aliphatic rings. The maximum absolute atomic E-state index is 5.88. The van der Waals surface area contributed by atoms with Gasteiger partial charge in [0.2, 0.25) is 0 Å². The first-order chi connectivity index (χ1) is 6.24. The lowest BCUT2D eigenvalue weighted by atomic mass is 10.2. The van der Waals surface area contributed by atoms with Gasteiger partial charge in [-0.3, -0.25) is 0 Å². The van der Waals surface area contributed by atoms with E-state index >= 15 is 0 Å². The lowest BCUT2D eigenvalue weighted by Crippen LogP contribution is -2.06. The Morgan fingerprint density at radius 3 is 2.38 bits per heavy atom. The van der Waals surface area contributed by atoms with E-state index in [1.807, 2.05) is 6.07 Å². The van der Waals surface area contributed by atoms with Crippen molar-refractivity contribution in [1.82, 2.24) is 0 Å². The molecule has 0 radical (unpaired) electrons. The fourth-order valence-electron chi connectivity index (χ4n) is 1.12. The predicted molar refractivity (Wildman–Crippen MR) is 64.0 cm³/mol. The molecule has 1 aromatic rings. The number of halogens is 1. The van der Waals surface area contributed by atoms with Gasteiger partial charge in [0, 0.05) is 5.88 Å². The van der Waals surface area contributed by atoms with Crippen LogP contribution in [0.1, 0.15) is 5.56 Å². The van der Waals surface area contributed by atoms with E-state index in [0.717, 1.165) is 0 Å². The quantitative estimate of drug-likeness (QED) is 0.531. The van der Waals surface area contributed by atoms with Gasteiger partial charge in [-0.2, -0.15) is 0 Å². The Morgan fingerprint density at radius 2 is 1.92 bits per heavy atom. The van der Waals surface area contributed by atoms with E-state index in [2.05, 4.69) is 43.4 Å². The highest BCUT2D eigenvalue weighted by Gasteiger charge is 2.02. The van der Waals surface area contributed by atoms with Crippen molar-refractivity contribution >= 4 is 26.5 Å². The molecule has 0 spiro atoms. The normalized spacial score (nSPS) is 12.2. The molecule has 0 unspecified atom stereocenters. The lowest BCUT2D eigenvalue weighted by molar-refractivity contribution is 1.60. The molecule has 2 heteroatoms. The summed E-state index contributed by atoms with van der Waals surface area (Å²) in [7, 11) is -0.726. The van der Waals surface area contributed by atoms with Crippen LogP contribution in [0.2, 0.25) is 13.1 Å². The summed E-state index contributed by atoms with van der Waals surface area (Å²) in [6.45, 7) is 4.61. The predicted octanol–water partition coefficient (Wildman–Crippen LogP) is 3.33. The Hall–Kier alpha value is -0.533. The Bertz CT molecular complexity index is 277. The van der Waals surface area contributed by atoms with Crippen LogP contribution in [0.15, 0.2) is 35.5 Å². The van der Waals surface area contributed by atoms with Crippen LogP contribution in [0.5, 0.6) is 0 Å².